The van der Waals surface area contributed by atoms with E-state index >= 15 is 0 Å². The number of nitrogen functional groups attached to an aromatic ring is 1. The first-order valence-corrected chi connectivity index (χ1v) is 4.27. The molecule has 0 aliphatic carbocycles. The van der Waals surface area contributed by atoms with Crippen LogP contribution in [0.4, 0.5) is 10.3 Å². The number of aromatic amines is 1. The predicted molar refractivity (Wildman–Crippen MR) is 54.7 cm³/mol. The summed E-state index contributed by atoms with van der Waals surface area (Å²) in [5, 5.41) is 0. The molecule has 0 amide bonds. The number of benzene rings is 1. The van der Waals surface area contributed by atoms with Gasteiger partial charge in [-0.05, 0) is 17.7 Å². The summed E-state index contributed by atoms with van der Waals surface area (Å²) in [7, 11) is 0. The van der Waals surface area contributed by atoms with Crippen LogP contribution in [0.2, 0.25) is 0 Å². The number of nitrogens with two attached hydrogens (primary N) is 1. The van der Waals surface area contributed by atoms with Crippen LogP contribution < -0.4 is 11.3 Å². The maximum absolute atomic E-state index is 12.9. The van der Waals surface area contributed by atoms with Crippen LogP contribution in [0.25, 0.3) is 11.1 Å². The quantitative estimate of drug-likeness (QED) is 0.733. The third kappa shape index (κ3) is 1.85. The second-order valence-corrected chi connectivity index (χ2v) is 3.02. The molecule has 3 N–H and O–H groups in total. The molecule has 0 bridgehead atoms. The molecular weight excluding hydrogens is 197 g/mol. The molecule has 0 spiro atoms. The van der Waals surface area contributed by atoms with Gasteiger partial charge in [0.25, 0.3) is 5.56 Å². The molecule has 0 saturated carbocycles. The van der Waals surface area contributed by atoms with E-state index in [-0.39, 0.29) is 11.5 Å². The van der Waals surface area contributed by atoms with Gasteiger partial charge in [-0.15, -0.1) is 0 Å². The zero-order chi connectivity index (χ0) is 10.8. The number of rotatable bonds is 1. The highest BCUT2D eigenvalue weighted by atomic mass is 19.1. The summed E-state index contributed by atoms with van der Waals surface area (Å²) >= 11 is 0. The highest BCUT2D eigenvalue weighted by Crippen LogP contribution is 2.15. The Morgan fingerprint density at radius 3 is 2.87 bits per heavy atom. The average Bonchev–Trinajstić information content (AvgIpc) is 2.17. The molecule has 2 aromatic rings. The second kappa shape index (κ2) is 3.53. The molecule has 76 valence electrons. The minimum Gasteiger partial charge on any atom is -0.369 e. The lowest BCUT2D eigenvalue weighted by Crippen LogP contribution is -2.12. The Morgan fingerprint density at radius 1 is 1.40 bits per heavy atom. The summed E-state index contributed by atoms with van der Waals surface area (Å²) in [6.07, 6.45) is 1.32. The van der Waals surface area contributed by atoms with E-state index in [1.165, 1.54) is 24.4 Å². The Balaban J connectivity index is 2.59. The number of H-pyrrole nitrogens is 1. The highest BCUT2D eigenvalue weighted by Gasteiger charge is 2.04. The van der Waals surface area contributed by atoms with Gasteiger partial charge in [-0.25, -0.2) is 9.37 Å². The minimum absolute atomic E-state index is 0.0418. The fraction of sp³-hybridized carbons (Fsp3) is 0. The van der Waals surface area contributed by atoms with Crippen LogP contribution in [0.5, 0.6) is 0 Å². The van der Waals surface area contributed by atoms with E-state index in [0.717, 1.165) is 0 Å². The monoisotopic (exact) mass is 205 g/mol. The number of nitrogens with one attached hydrogen (secondary N) is 1. The van der Waals surface area contributed by atoms with Gasteiger partial charge in [-0.1, -0.05) is 12.1 Å². The predicted octanol–water partition coefficient (Wildman–Crippen LogP) is 1.16. The van der Waals surface area contributed by atoms with E-state index in [1.54, 1.807) is 6.07 Å². The van der Waals surface area contributed by atoms with Crippen molar-refractivity contribution in [3.05, 3.63) is 46.6 Å². The van der Waals surface area contributed by atoms with E-state index in [2.05, 4.69) is 9.97 Å². The largest absolute Gasteiger partial charge is 0.369 e. The van der Waals surface area contributed by atoms with Crippen LogP contribution in [-0.4, -0.2) is 9.97 Å². The van der Waals surface area contributed by atoms with Crippen molar-refractivity contribution in [3.63, 3.8) is 0 Å². The SMILES string of the molecule is Nc1ncc(-c2cccc(F)c2)c(=O)[nH]1. The minimum atomic E-state index is -0.399. The number of hydrogen-bond acceptors (Lipinski definition) is 3. The van der Waals surface area contributed by atoms with E-state index in [1.807, 2.05) is 0 Å². The van der Waals surface area contributed by atoms with Gasteiger partial charge >= 0.3 is 0 Å². The lowest BCUT2D eigenvalue weighted by Gasteiger charge is -2.00. The number of aromatic nitrogens is 2. The molecule has 2 rings (SSSR count). The summed E-state index contributed by atoms with van der Waals surface area (Å²) < 4.78 is 12.9. The molecule has 0 aliphatic rings. The van der Waals surface area contributed by atoms with Crippen molar-refractivity contribution in [3.8, 4) is 11.1 Å². The van der Waals surface area contributed by atoms with Gasteiger partial charge in [0.1, 0.15) is 5.82 Å². The van der Waals surface area contributed by atoms with Crippen molar-refractivity contribution in [2.45, 2.75) is 0 Å². The first kappa shape index (κ1) is 9.39. The van der Waals surface area contributed by atoms with Crippen molar-refractivity contribution < 1.29 is 4.39 Å². The molecule has 0 saturated heterocycles. The molecular formula is C10H8FN3O. The van der Waals surface area contributed by atoms with Gasteiger partial charge in [0.05, 0.1) is 5.56 Å². The van der Waals surface area contributed by atoms with Crippen molar-refractivity contribution in [2.75, 3.05) is 5.73 Å². The van der Waals surface area contributed by atoms with E-state index in [4.69, 9.17) is 5.73 Å². The van der Waals surface area contributed by atoms with Gasteiger partial charge < -0.3 is 5.73 Å². The standard InChI is InChI=1S/C10H8FN3O/c11-7-3-1-2-6(4-7)8-5-13-10(12)14-9(8)15/h1-5H,(H3,12,13,14,15). The molecule has 1 aromatic heterocycles. The van der Waals surface area contributed by atoms with E-state index in [0.29, 0.717) is 11.1 Å². The molecule has 5 heteroatoms. The molecule has 0 radical (unpaired) electrons. The van der Waals surface area contributed by atoms with Gasteiger partial charge in [0, 0.05) is 6.20 Å². The van der Waals surface area contributed by atoms with E-state index in [9.17, 15) is 9.18 Å². The molecule has 0 unspecified atom stereocenters. The maximum Gasteiger partial charge on any atom is 0.260 e. The average molecular weight is 205 g/mol. The molecule has 4 nitrogen and oxygen atoms in total. The van der Waals surface area contributed by atoms with Crippen LogP contribution >= 0.6 is 0 Å². The summed E-state index contributed by atoms with van der Waals surface area (Å²) in [4.78, 5) is 17.5. The summed E-state index contributed by atoms with van der Waals surface area (Å²) in [6.45, 7) is 0. The zero-order valence-corrected chi connectivity index (χ0v) is 7.70. The van der Waals surface area contributed by atoms with Crippen LogP contribution in [0.15, 0.2) is 35.3 Å². The van der Waals surface area contributed by atoms with Crippen molar-refractivity contribution in [2.24, 2.45) is 0 Å². The Kier molecular flexibility index (Phi) is 2.21. The number of anilines is 1. The van der Waals surface area contributed by atoms with Crippen molar-refractivity contribution in [1.29, 1.82) is 0 Å². The molecule has 0 atom stereocenters. The molecule has 1 aromatic carbocycles. The van der Waals surface area contributed by atoms with Crippen molar-refractivity contribution >= 4 is 5.95 Å². The first-order valence-electron chi connectivity index (χ1n) is 4.27. The maximum atomic E-state index is 12.9. The lowest BCUT2D eigenvalue weighted by molar-refractivity contribution is 0.628. The normalized spacial score (nSPS) is 10.2. The zero-order valence-electron chi connectivity index (χ0n) is 7.70. The lowest BCUT2D eigenvalue weighted by atomic mass is 10.1. The molecule has 15 heavy (non-hydrogen) atoms. The van der Waals surface area contributed by atoms with Crippen LogP contribution in [-0.2, 0) is 0 Å². The third-order valence-electron chi connectivity index (χ3n) is 1.95. The van der Waals surface area contributed by atoms with Gasteiger partial charge in [-0.3, -0.25) is 9.78 Å². The van der Waals surface area contributed by atoms with Gasteiger partial charge in [0.2, 0.25) is 0 Å². The van der Waals surface area contributed by atoms with Gasteiger partial charge in [-0.2, -0.15) is 0 Å². The van der Waals surface area contributed by atoms with Crippen LogP contribution in [0, 0.1) is 5.82 Å². The summed E-state index contributed by atoms with van der Waals surface area (Å²) in [5.74, 6) is -0.358. The van der Waals surface area contributed by atoms with Crippen molar-refractivity contribution in [1.82, 2.24) is 9.97 Å². The Morgan fingerprint density at radius 2 is 2.20 bits per heavy atom. The summed E-state index contributed by atoms with van der Waals surface area (Å²) in [5.41, 5.74) is 5.68. The number of hydrogen-bond donors (Lipinski definition) is 2. The Hall–Kier alpha value is -2.17. The fourth-order valence-corrected chi connectivity index (χ4v) is 1.27. The molecule has 0 aliphatic heterocycles. The van der Waals surface area contributed by atoms with Crippen LogP contribution in [0.1, 0.15) is 0 Å². The number of nitrogens with zero attached hydrogens (tertiary/aromatic N) is 1. The summed E-state index contributed by atoms with van der Waals surface area (Å²) in [6, 6.07) is 5.73. The number of halogens is 1. The topological polar surface area (TPSA) is 71.8 Å². The third-order valence-corrected chi connectivity index (χ3v) is 1.95. The Bertz CT molecular complexity index is 550. The fourth-order valence-electron chi connectivity index (χ4n) is 1.27. The van der Waals surface area contributed by atoms with Crippen LogP contribution in [0.3, 0.4) is 0 Å². The molecule has 1 heterocycles. The Labute approximate surface area is 84.6 Å². The highest BCUT2D eigenvalue weighted by molar-refractivity contribution is 5.61. The second-order valence-electron chi connectivity index (χ2n) is 3.02. The smallest absolute Gasteiger partial charge is 0.260 e. The first-order chi connectivity index (χ1) is 7.16. The van der Waals surface area contributed by atoms with E-state index < -0.39 is 5.82 Å². The molecule has 0 fully saturated rings. The van der Waals surface area contributed by atoms with Gasteiger partial charge in [0.15, 0.2) is 5.95 Å².